The van der Waals surface area contributed by atoms with Crippen molar-refractivity contribution in [2.45, 2.75) is 51.1 Å². The van der Waals surface area contributed by atoms with Crippen LogP contribution in [0.5, 0.6) is 0 Å². The van der Waals surface area contributed by atoms with Crippen molar-refractivity contribution in [2.24, 2.45) is 5.92 Å². The third-order valence-electron chi connectivity index (χ3n) is 6.23. The van der Waals surface area contributed by atoms with Gasteiger partial charge >= 0.3 is 6.03 Å². The van der Waals surface area contributed by atoms with Crippen molar-refractivity contribution < 1.29 is 14.4 Å². The first-order valence-electron chi connectivity index (χ1n) is 10.7. The zero-order chi connectivity index (χ0) is 22.0. The lowest BCUT2D eigenvalue weighted by Gasteiger charge is -2.33. The van der Waals surface area contributed by atoms with Crippen LogP contribution < -0.4 is 16.1 Å². The van der Waals surface area contributed by atoms with Crippen molar-refractivity contribution >= 4 is 29.2 Å². The third-order valence-corrected chi connectivity index (χ3v) is 7.17. The molecule has 4 amide bonds. The number of hydrogen-bond acceptors (Lipinski definition) is 5. The molecular formula is C23H28N4O3S. The van der Waals surface area contributed by atoms with Crippen LogP contribution in [0, 0.1) is 12.8 Å². The molecule has 1 aliphatic carbocycles. The van der Waals surface area contributed by atoms with Crippen molar-refractivity contribution in [3.8, 4) is 0 Å². The number of nitrogens with zero attached hydrogens (tertiary/aromatic N) is 1. The van der Waals surface area contributed by atoms with E-state index in [2.05, 4.69) is 23.0 Å². The maximum absolute atomic E-state index is 12.9. The van der Waals surface area contributed by atoms with Gasteiger partial charge < -0.3 is 5.32 Å². The average molecular weight is 441 g/mol. The highest BCUT2D eigenvalue weighted by atomic mass is 32.1. The van der Waals surface area contributed by atoms with Gasteiger partial charge in [-0.15, -0.1) is 11.3 Å². The maximum Gasteiger partial charge on any atom is 0.344 e. The van der Waals surface area contributed by atoms with E-state index in [4.69, 9.17) is 0 Å². The summed E-state index contributed by atoms with van der Waals surface area (Å²) in [5.74, 6) is -0.247. The number of nitrogens with one attached hydrogen (secondary N) is 3. The molecular weight excluding hydrogens is 412 g/mol. The molecule has 1 aliphatic heterocycles. The van der Waals surface area contributed by atoms with Gasteiger partial charge in [0.25, 0.3) is 11.8 Å². The van der Waals surface area contributed by atoms with Gasteiger partial charge in [-0.05, 0) is 55.5 Å². The van der Waals surface area contributed by atoms with Crippen LogP contribution in [0.15, 0.2) is 41.8 Å². The van der Waals surface area contributed by atoms with Crippen molar-refractivity contribution in [3.05, 3.63) is 57.8 Å². The molecule has 1 spiro atoms. The van der Waals surface area contributed by atoms with E-state index in [-0.39, 0.29) is 18.5 Å². The predicted octanol–water partition coefficient (Wildman–Crippen LogP) is 3.27. The highest BCUT2D eigenvalue weighted by molar-refractivity contribution is 7.10. The first kappa shape index (κ1) is 21.5. The summed E-state index contributed by atoms with van der Waals surface area (Å²) in [6.07, 6.45) is 2.98. The van der Waals surface area contributed by atoms with Crippen LogP contribution >= 0.6 is 11.3 Å². The molecule has 1 aromatic heterocycles. The number of hydrogen-bond donors (Lipinski definition) is 3. The molecule has 1 saturated carbocycles. The minimum Gasteiger partial charge on any atom is -0.322 e. The Balaban J connectivity index is 1.40. The van der Waals surface area contributed by atoms with E-state index in [1.165, 1.54) is 0 Å². The Morgan fingerprint density at radius 1 is 1.23 bits per heavy atom. The SMILES string of the molecule is Cc1ccc(C(NCC(=O)NN2C(=O)NC3(CCC(C)CC3)C2=O)c2cccs2)cc1. The number of carbonyl (C=O) groups is 3. The topological polar surface area (TPSA) is 90.5 Å². The Kier molecular flexibility index (Phi) is 6.11. The fraction of sp³-hybridized carbons (Fsp3) is 0.435. The van der Waals surface area contributed by atoms with Gasteiger partial charge in [0.05, 0.1) is 12.6 Å². The second kappa shape index (κ2) is 8.80. The van der Waals surface area contributed by atoms with Crippen LogP contribution in [-0.2, 0) is 9.59 Å². The van der Waals surface area contributed by atoms with E-state index in [1.807, 2.05) is 48.7 Å². The molecule has 8 heteroatoms. The van der Waals surface area contributed by atoms with E-state index in [0.717, 1.165) is 33.9 Å². The molecule has 2 fully saturated rings. The Bertz CT molecular complexity index is 950. The Labute approximate surface area is 186 Å². The zero-order valence-electron chi connectivity index (χ0n) is 17.8. The highest BCUT2D eigenvalue weighted by Gasteiger charge is 2.52. The summed E-state index contributed by atoms with van der Waals surface area (Å²) in [5.41, 5.74) is 3.84. The van der Waals surface area contributed by atoms with Gasteiger partial charge in [0.2, 0.25) is 0 Å². The lowest BCUT2D eigenvalue weighted by molar-refractivity contribution is -0.139. The number of hydrazine groups is 1. The molecule has 2 aromatic rings. The fourth-order valence-electron chi connectivity index (χ4n) is 4.27. The lowest BCUT2D eigenvalue weighted by atomic mass is 9.77. The number of thiophene rings is 1. The second-order valence-corrected chi connectivity index (χ2v) is 9.59. The summed E-state index contributed by atoms with van der Waals surface area (Å²) < 4.78 is 0. The number of aryl methyl sites for hydroxylation is 1. The van der Waals surface area contributed by atoms with Crippen molar-refractivity contribution in [3.63, 3.8) is 0 Å². The number of imide groups is 1. The largest absolute Gasteiger partial charge is 0.344 e. The van der Waals surface area contributed by atoms with Crippen LogP contribution in [-0.4, -0.2) is 34.9 Å². The molecule has 7 nitrogen and oxygen atoms in total. The monoisotopic (exact) mass is 440 g/mol. The van der Waals surface area contributed by atoms with Gasteiger partial charge in [-0.1, -0.05) is 42.8 Å². The van der Waals surface area contributed by atoms with Gasteiger partial charge in [0.15, 0.2) is 0 Å². The Morgan fingerprint density at radius 2 is 1.94 bits per heavy atom. The van der Waals surface area contributed by atoms with Crippen LogP contribution in [0.25, 0.3) is 0 Å². The molecule has 0 radical (unpaired) electrons. The summed E-state index contributed by atoms with van der Waals surface area (Å²) in [6.45, 7) is 4.15. The Hall–Kier alpha value is -2.71. The number of amides is 4. The van der Waals surface area contributed by atoms with E-state index in [9.17, 15) is 14.4 Å². The van der Waals surface area contributed by atoms with Gasteiger partial charge in [-0.2, -0.15) is 5.01 Å². The van der Waals surface area contributed by atoms with Crippen molar-refractivity contribution in [1.82, 2.24) is 21.1 Å². The quantitative estimate of drug-likeness (QED) is 0.602. The molecule has 1 aromatic carbocycles. The smallest absolute Gasteiger partial charge is 0.322 e. The number of benzene rings is 1. The first-order valence-corrected chi connectivity index (χ1v) is 11.6. The normalized spacial score (nSPS) is 24.3. The fourth-order valence-corrected chi connectivity index (χ4v) is 5.10. The summed E-state index contributed by atoms with van der Waals surface area (Å²) in [5, 5.41) is 8.93. The van der Waals surface area contributed by atoms with E-state index in [0.29, 0.717) is 18.8 Å². The van der Waals surface area contributed by atoms with E-state index < -0.39 is 17.5 Å². The lowest BCUT2D eigenvalue weighted by Crippen LogP contribution is -2.52. The summed E-state index contributed by atoms with van der Waals surface area (Å²) in [7, 11) is 0. The van der Waals surface area contributed by atoms with E-state index >= 15 is 0 Å². The minimum atomic E-state index is -0.869. The molecule has 0 bridgehead atoms. The summed E-state index contributed by atoms with van der Waals surface area (Å²) in [6, 6.07) is 11.4. The summed E-state index contributed by atoms with van der Waals surface area (Å²) >= 11 is 1.61. The van der Waals surface area contributed by atoms with Crippen LogP contribution in [0.2, 0.25) is 0 Å². The molecule has 1 saturated heterocycles. The number of rotatable bonds is 6. The Morgan fingerprint density at radius 3 is 2.58 bits per heavy atom. The molecule has 164 valence electrons. The molecule has 3 N–H and O–H groups in total. The molecule has 1 unspecified atom stereocenters. The van der Waals surface area contributed by atoms with Gasteiger partial charge in [0.1, 0.15) is 5.54 Å². The first-order chi connectivity index (χ1) is 14.9. The van der Waals surface area contributed by atoms with E-state index in [1.54, 1.807) is 11.3 Å². The molecule has 31 heavy (non-hydrogen) atoms. The summed E-state index contributed by atoms with van der Waals surface area (Å²) in [4.78, 5) is 39.1. The van der Waals surface area contributed by atoms with Gasteiger partial charge in [-0.25, -0.2) is 4.79 Å². The standard InChI is InChI=1S/C23H28N4O3S/c1-15-5-7-17(8-6-15)20(18-4-3-13-31-18)24-14-19(28)26-27-21(29)23(25-22(27)30)11-9-16(2)10-12-23/h3-8,13,16,20,24H,9-12,14H2,1-2H3,(H,25,30)(H,26,28). The van der Waals surface area contributed by atoms with Gasteiger partial charge in [-0.3, -0.25) is 20.3 Å². The van der Waals surface area contributed by atoms with Crippen LogP contribution in [0.1, 0.15) is 54.7 Å². The minimum absolute atomic E-state index is 0.0302. The molecule has 2 aliphatic rings. The van der Waals surface area contributed by atoms with Crippen molar-refractivity contribution in [2.75, 3.05) is 6.54 Å². The van der Waals surface area contributed by atoms with Gasteiger partial charge in [0, 0.05) is 4.88 Å². The van der Waals surface area contributed by atoms with Crippen molar-refractivity contribution in [1.29, 1.82) is 0 Å². The number of urea groups is 1. The molecule has 2 heterocycles. The molecule has 4 rings (SSSR count). The van der Waals surface area contributed by atoms with Crippen LogP contribution in [0.4, 0.5) is 4.79 Å². The maximum atomic E-state index is 12.9. The molecule has 1 atom stereocenters. The van der Waals surface area contributed by atoms with Crippen LogP contribution in [0.3, 0.4) is 0 Å². The zero-order valence-corrected chi connectivity index (χ0v) is 18.6. The highest BCUT2D eigenvalue weighted by Crippen LogP contribution is 2.35. The second-order valence-electron chi connectivity index (χ2n) is 8.61. The average Bonchev–Trinajstić information content (AvgIpc) is 3.35. The third kappa shape index (κ3) is 4.50. The predicted molar refractivity (Wildman–Crippen MR) is 119 cm³/mol. The number of carbonyl (C=O) groups excluding carboxylic acids is 3.